The minimum Gasteiger partial charge on any atom is -0.350 e. The van der Waals surface area contributed by atoms with Gasteiger partial charge in [0.2, 0.25) is 0 Å². The van der Waals surface area contributed by atoms with E-state index in [4.69, 9.17) is 15.2 Å². The van der Waals surface area contributed by atoms with E-state index in [1.54, 1.807) is 12.4 Å². The van der Waals surface area contributed by atoms with Crippen LogP contribution in [0.3, 0.4) is 0 Å². The Morgan fingerprint density at radius 1 is 1.57 bits per heavy atom. The molecule has 2 heterocycles. The van der Waals surface area contributed by atoms with Crippen LogP contribution in [0.5, 0.6) is 0 Å². The Hall–Kier alpha value is -0.970. The molecule has 2 atom stereocenters. The zero-order valence-corrected chi connectivity index (χ0v) is 7.93. The van der Waals surface area contributed by atoms with Gasteiger partial charge in [0.1, 0.15) is 6.10 Å². The van der Waals surface area contributed by atoms with Crippen LogP contribution < -0.4 is 5.73 Å². The molecule has 1 saturated heterocycles. The van der Waals surface area contributed by atoms with E-state index in [0.29, 0.717) is 13.2 Å². The summed E-state index contributed by atoms with van der Waals surface area (Å²) in [7, 11) is 0. The predicted octanol–water partition coefficient (Wildman–Crippen LogP) is 0.844. The second kappa shape index (κ2) is 4.50. The summed E-state index contributed by atoms with van der Waals surface area (Å²) in [5, 5.41) is 0. The van der Waals surface area contributed by atoms with Crippen molar-refractivity contribution in [2.45, 2.75) is 18.8 Å². The normalized spacial score (nSPS) is 26.6. The van der Waals surface area contributed by atoms with E-state index < -0.39 is 0 Å². The summed E-state index contributed by atoms with van der Waals surface area (Å²) >= 11 is 0. The second-order valence-corrected chi connectivity index (χ2v) is 3.25. The van der Waals surface area contributed by atoms with Gasteiger partial charge in [-0.15, -0.1) is 0 Å². The fourth-order valence-corrected chi connectivity index (χ4v) is 1.49. The quantitative estimate of drug-likeness (QED) is 0.774. The topological polar surface area (TPSA) is 57.4 Å². The van der Waals surface area contributed by atoms with Crippen LogP contribution in [0.1, 0.15) is 18.1 Å². The highest BCUT2D eigenvalue weighted by Crippen LogP contribution is 2.26. The Morgan fingerprint density at radius 2 is 2.50 bits per heavy atom. The lowest BCUT2D eigenvalue weighted by molar-refractivity contribution is -0.0606. The maximum absolute atomic E-state index is 5.65. The van der Waals surface area contributed by atoms with E-state index in [1.165, 1.54) is 0 Å². The zero-order valence-electron chi connectivity index (χ0n) is 7.93. The monoisotopic (exact) mass is 194 g/mol. The molecule has 1 aromatic rings. The fourth-order valence-electron chi connectivity index (χ4n) is 1.49. The molecule has 2 unspecified atom stereocenters. The molecule has 0 amide bonds. The summed E-state index contributed by atoms with van der Waals surface area (Å²) in [5.41, 5.74) is 6.48. The van der Waals surface area contributed by atoms with Crippen LogP contribution in [0.2, 0.25) is 0 Å². The third-order valence-electron chi connectivity index (χ3n) is 2.21. The van der Waals surface area contributed by atoms with Gasteiger partial charge in [0.05, 0.1) is 6.61 Å². The molecule has 2 N–H and O–H groups in total. The SMILES string of the molecule is NCCC1OCC(c2cccnc2)O1. The lowest BCUT2D eigenvalue weighted by atomic mass is 10.2. The van der Waals surface area contributed by atoms with E-state index in [-0.39, 0.29) is 12.4 Å². The van der Waals surface area contributed by atoms with Gasteiger partial charge in [-0.25, -0.2) is 0 Å². The summed E-state index contributed by atoms with van der Waals surface area (Å²) < 4.78 is 11.1. The fraction of sp³-hybridized carbons (Fsp3) is 0.500. The van der Waals surface area contributed by atoms with Gasteiger partial charge in [0.15, 0.2) is 6.29 Å². The number of nitrogens with zero attached hydrogens (tertiary/aromatic N) is 1. The van der Waals surface area contributed by atoms with Crippen LogP contribution >= 0.6 is 0 Å². The Balaban J connectivity index is 1.96. The van der Waals surface area contributed by atoms with Crippen molar-refractivity contribution in [3.63, 3.8) is 0 Å². The number of hydrogen-bond acceptors (Lipinski definition) is 4. The van der Waals surface area contributed by atoms with Gasteiger partial charge >= 0.3 is 0 Å². The van der Waals surface area contributed by atoms with Crippen molar-refractivity contribution in [2.75, 3.05) is 13.2 Å². The van der Waals surface area contributed by atoms with Crippen molar-refractivity contribution in [3.8, 4) is 0 Å². The summed E-state index contributed by atoms with van der Waals surface area (Å²) in [4.78, 5) is 4.04. The maximum atomic E-state index is 5.65. The van der Waals surface area contributed by atoms with Crippen molar-refractivity contribution in [1.29, 1.82) is 0 Å². The minimum absolute atomic E-state index is 0.0141. The molecular formula is C10H14N2O2. The van der Waals surface area contributed by atoms with E-state index in [0.717, 1.165) is 12.0 Å². The van der Waals surface area contributed by atoms with Crippen molar-refractivity contribution in [3.05, 3.63) is 30.1 Å². The van der Waals surface area contributed by atoms with Gasteiger partial charge in [-0.2, -0.15) is 0 Å². The van der Waals surface area contributed by atoms with Gasteiger partial charge in [-0.05, 0) is 12.6 Å². The van der Waals surface area contributed by atoms with Gasteiger partial charge in [-0.1, -0.05) is 6.07 Å². The first-order valence-corrected chi connectivity index (χ1v) is 4.77. The second-order valence-electron chi connectivity index (χ2n) is 3.25. The molecule has 1 aromatic heterocycles. The van der Waals surface area contributed by atoms with Crippen LogP contribution in [0.15, 0.2) is 24.5 Å². The molecule has 1 aliphatic heterocycles. The number of hydrogen-bond donors (Lipinski definition) is 1. The van der Waals surface area contributed by atoms with Crippen molar-refractivity contribution in [1.82, 2.24) is 4.98 Å². The standard InChI is InChI=1S/C10H14N2O2/c11-4-3-10-13-7-9(14-10)8-2-1-5-12-6-8/h1-2,5-6,9-10H,3-4,7,11H2. The third-order valence-corrected chi connectivity index (χ3v) is 2.21. The summed E-state index contributed by atoms with van der Waals surface area (Å²) in [6, 6.07) is 3.89. The molecule has 4 heteroatoms. The molecule has 0 bridgehead atoms. The molecule has 76 valence electrons. The number of ether oxygens (including phenoxy) is 2. The lowest BCUT2D eigenvalue weighted by Crippen LogP contribution is -2.14. The predicted molar refractivity (Wildman–Crippen MR) is 51.5 cm³/mol. The average molecular weight is 194 g/mol. The van der Waals surface area contributed by atoms with Crippen molar-refractivity contribution < 1.29 is 9.47 Å². The molecule has 0 spiro atoms. The van der Waals surface area contributed by atoms with Gasteiger partial charge in [0.25, 0.3) is 0 Å². The first kappa shape index (κ1) is 9.58. The highest BCUT2D eigenvalue weighted by atomic mass is 16.7. The molecule has 1 fully saturated rings. The number of nitrogens with two attached hydrogens (primary N) is 1. The highest BCUT2D eigenvalue weighted by Gasteiger charge is 2.26. The smallest absolute Gasteiger partial charge is 0.159 e. The van der Waals surface area contributed by atoms with Crippen LogP contribution in [0.25, 0.3) is 0 Å². The highest BCUT2D eigenvalue weighted by molar-refractivity contribution is 5.12. The molecule has 0 radical (unpaired) electrons. The molecule has 14 heavy (non-hydrogen) atoms. The molecule has 0 aliphatic carbocycles. The van der Waals surface area contributed by atoms with E-state index >= 15 is 0 Å². The van der Waals surface area contributed by atoms with Gasteiger partial charge < -0.3 is 15.2 Å². The van der Waals surface area contributed by atoms with Crippen molar-refractivity contribution in [2.24, 2.45) is 5.73 Å². The van der Waals surface area contributed by atoms with Crippen molar-refractivity contribution >= 4 is 0 Å². The Labute approximate surface area is 83.0 Å². The van der Waals surface area contributed by atoms with Gasteiger partial charge in [-0.3, -0.25) is 4.98 Å². The van der Waals surface area contributed by atoms with Crippen LogP contribution in [0, 0.1) is 0 Å². The lowest BCUT2D eigenvalue weighted by Gasteiger charge is -2.09. The zero-order chi connectivity index (χ0) is 9.80. The Morgan fingerprint density at radius 3 is 3.21 bits per heavy atom. The van der Waals surface area contributed by atoms with E-state index in [9.17, 15) is 0 Å². The molecule has 2 rings (SSSR count). The Kier molecular flexibility index (Phi) is 3.08. The number of pyridine rings is 1. The maximum Gasteiger partial charge on any atom is 0.159 e. The largest absolute Gasteiger partial charge is 0.350 e. The number of rotatable bonds is 3. The van der Waals surface area contributed by atoms with E-state index in [2.05, 4.69) is 4.98 Å². The Bertz CT molecular complexity index is 279. The summed E-state index contributed by atoms with van der Waals surface area (Å²) in [6.07, 6.45) is 4.16. The summed E-state index contributed by atoms with van der Waals surface area (Å²) in [5.74, 6) is 0. The molecular weight excluding hydrogens is 180 g/mol. The van der Waals surface area contributed by atoms with Crippen LogP contribution in [-0.2, 0) is 9.47 Å². The molecule has 4 nitrogen and oxygen atoms in total. The van der Waals surface area contributed by atoms with E-state index in [1.807, 2.05) is 12.1 Å². The first-order chi connectivity index (χ1) is 6.90. The van der Waals surface area contributed by atoms with Gasteiger partial charge in [0, 0.05) is 24.4 Å². The van der Waals surface area contributed by atoms with Crippen LogP contribution in [0.4, 0.5) is 0 Å². The number of aromatic nitrogens is 1. The third kappa shape index (κ3) is 2.09. The molecule has 1 aliphatic rings. The molecule has 0 saturated carbocycles. The van der Waals surface area contributed by atoms with Crippen LogP contribution in [-0.4, -0.2) is 24.4 Å². The average Bonchev–Trinajstić information content (AvgIpc) is 2.68. The minimum atomic E-state index is -0.148. The summed E-state index contributed by atoms with van der Waals surface area (Å²) in [6.45, 7) is 1.18. The first-order valence-electron chi connectivity index (χ1n) is 4.77. The molecule has 0 aromatic carbocycles.